The third-order valence-electron chi connectivity index (χ3n) is 5.15. The fourth-order valence-corrected chi connectivity index (χ4v) is 4.00. The van der Waals surface area contributed by atoms with Crippen LogP contribution in [0.15, 0.2) is 62.9 Å². The van der Waals surface area contributed by atoms with E-state index in [1.54, 1.807) is 19.2 Å². The normalized spacial score (nSPS) is 11.2. The molecule has 0 saturated carbocycles. The minimum atomic E-state index is -0.216. The second-order valence-electron chi connectivity index (χ2n) is 7.28. The highest BCUT2D eigenvalue weighted by atomic mass is 79.9. The Labute approximate surface area is 193 Å². The summed E-state index contributed by atoms with van der Waals surface area (Å²) in [5.41, 5.74) is 4.30. The Hall–Kier alpha value is -3.70. The molecule has 8 heteroatoms. The summed E-state index contributed by atoms with van der Waals surface area (Å²) in [6.45, 7) is 5.79. The van der Waals surface area contributed by atoms with Crippen LogP contribution in [0.3, 0.4) is 0 Å². The van der Waals surface area contributed by atoms with E-state index in [9.17, 15) is 4.79 Å². The summed E-state index contributed by atoms with van der Waals surface area (Å²) in [6.07, 6.45) is 1.68. The zero-order chi connectivity index (χ0) is 22.8. The maximum Gasteiger partial charge on any atom is 0.282 e. The van der Waals surface area contributed by atoms with Gasteiger partial charge in [0.1, 0.15) is 17.6 Å². The zero-order valence-corrected chi connectivity index (χ0v) is 19.4. The average molecular weight is 490 g/mol. The SMILES string of the molecule is Cc1cc(C=Nn2c(C)nc3ccc(Br)cc3c2=O)c(C)n1-c1ccc(OCC#N)cc1. The monoisotopic (exact) mass is 489 g/mol. The summed E-state index contributed by atoms with van der Waals surface area (Å²) in [4.78, 5) is 17.5. The van der Waals surface area contributed by atoms with Crippen LogP contribution in [0.25, 0.3) is 16.6 Å². The van der Waals surface area contributed by atoms with E-state index in [4.69, 9.17) is 10.00 Å². The molecule has 2 heterocycles. The van der Waals surface area contributed by atoms with Crippen molar-refractivity contribution < 1.29 is 4.74 Å². The number of halogens is 1. The first-order valence-electron chi connectivity index (χ1n) is 9.91. The van der Waals surface area contributed by atoms with Gasteiger partial charge in [0.2, 0.25) is 0 Å². The number of nitriles is 1. The van der Waals surface area contributed by atoms with E-state index < -0.39 is 0 Å². The van der Waals surface area contributed by atoms with Gasteiger partial charge < -0.3 is 9.30 Å². The summed E-state index contributed by atoms with van der Waals surface area (Å²) in [6, 6.07) is 16.9. The van der Waals surface area contributed by atoms with Crippen molar-refractivity contribution in [1.29, 1.82) is 5.26 Å². The minimum Gasteiger partial charge on any atom is -0.479 e. The van der Waals surface area contributed by atoms with Gasteiger partial charge in [-0.15, -0.1) is 0 Å². The summed E-state index contributed by atoms with van der Waals surface area (Å²) < 4.78 is 9.56. The molecule has 160 valence electrons. The number of benzene rings is 2. The van der Waals surface area contributed by atoms with Crippen LogP contribution in [-0.4, -0.2) is 27.0 Å². The molecule has 0 saturated heterocycles. The second kappa shape index (κ2) is 8.81. The molecule has 0 spiro atoms. The van der Waals surface area contributed by atoms with E-state index in [-0.39, 0.29) is 12.2 Å². The van der Waals surface area contributed by atoms with Crippen molar-refractivity contribution in [2.45, 2.75) is 20.8 Å². The average Bonchev–Trinajstić information content (AvgIpc) is 3.06. The Morgan fingerprint density at radius 1 is 1.16 bits per heavy atom. The molecule has 0 amide bonds. The molecule has 0 N–H and O–H groups in total. The maximum absolute atomic E-state index is 13.0. The van der Waals surface area contributed by atoms with Gasteiger partial charge in [0.25, 0.3) is 5.56 Å². The number of rotatable bonds is 5. The van der Waals surface area contributed by atoms with Gasteiger partial charge in [-0.2, -0.15) is 15.0 Å². The highest BCUT2D eigenvalue weighted by Gasteiger charge is 2.11. The van der Waals surface area contributed by atoms with E-state index in [2.05, 4.69) is 30.6 Å². The first-order valence-corrected chi connectivity index (χ1v) is 10.7. The maximum atomic E-state index is 13.0. The Kier molecular flexibility index (Phi) is 5.93. The standard InChI is InChI=1S/C24H20BrN5O2/c1-15-12-18(16(2)29(15)20-5-7-21(8-6-20)32-11-10-26)14-27-30-17(3)28-23-9-4-19(25)13-22(23)24(30)31/h4-9,12-14H,11H2,1-3H3. The molecule has 0 bridgehead atoms. The molecule has 0 fully saturated rings. The van der Waals surface area contributed by atoms with Gasteiger partial charge in [0.05, 0.1) is 17.1 Å². The molecule has 4 aromatic rings. The summed E-state index contributed by atoms with van der Waals surface area (Å²) in [5.74, 6) is 1.16. The van der Waals surface area contributed by atoms with Gasteiger partial charge >= 0.3 is 0 Å². The van der Waals surface area contributed by atoms with Crippen LogP contribution in [0.2, 0.25) is 0 Å². The van der Waals surface area contributed by atoms with Crippen LogP contribution < -0.4 is 10.3 Å². The molecule has 0 aliphatic heterocycles. The van der Waals surface area contributed by atoms with Crippen LogP contribution in [-0.2, 0) is 0 Å². The van der Waals surface area contributed by atoms with Gasteiger partial charge in [0, 0.05) is 27.1 Å². The number of fused-ring (bicyclic) bond motifs is 1. The molecular weight excluding hydrogens is 470 g/mol. The molecule has 0 radical (unpaired) electrons. The van der Waals surface area contributed by atoms with Gasteiger partial charge in [-0.05, 0) is 69.3 Å². The lowest BCUT2D eigenvalue weighted by Crippen LogP contribution is -2.20. The van der Waals surface area contributed by atoms with Gasteiger partial charge in [0.15, 0.2) is 6.61 Å². The molecule has 0 unspecified atom stereocenters. The summed E-state index contributed by atoms with van der Waals surface area (Å²) >= 11 is 3.41. The molecule has 2 aromatic carbocycles. The van der Waals surface area contributed by atoms with Crippen molar-refractivity contribution in [3.05, 3.63) is 86.1 Å². The van der Waals surface area contributed by atoms with Crippen molar-refractivity contribution in [3.63, 3.8) is 0 Å². The van der Waals surface area contributed by atoms with E-state index >= 15 is 0 Å². The lowest BCUT2D eigenvalue weighted by molar-refractivity contribution is 0.368. The minimum absolute atomic E-state index is 0.0148. The molecule has 4 rings (SSSR count). The Balaban J connectivity index is 1.70. The molecule has 2 aromatic heterocycles. The Morgan fingerprint density at radius 2 is 1.91 bits per heavy atom. The first kappa shape index (κ1) is 21.5. The number of nitrogens with zero attached hydrogens (tertiary/aromatic N) is 5. The van der Waals surface area contributed by atoms with E-state index in [0.717, 1.165) is 27.1 Å². The second-order valence-corrected chi connectivity index (χ2v) is 8.20. The topological polar surface area (TPSA) is 85.2 Å². The fourth-order valence-electron chi connectivity index (χ4n) is 3.64. The van der Waals surface area contributed by atoms with Crippen molar-refractivity contribution in [2.24, 2.45) is 5.10 Å². The van der Waals surface area contributed by atoms with E-state index in [1.807, 2.05) is 62.4 Å². The number of aryl methyl sites for hydroxylation is 2. The van der Waals surface area contributed by atoms with Crippen LogP contribution in [0.4, 0.5) is 0 Å². The lowest BCUT2D eigenvalue weighted by atomic mass is 10.2. The lowest BCUT2D eigenvalue weighted by Gasteiger charge is -2.10. The molecule has 7 nitrogen and oxygen atoms in total. The first-order chi connectivity index (χ1) is 15.4. The van der Waals surface area contributed by atoms with Crippen molar-refractivity contribution >= 4 is 33.0 Å². The summed E-state index contributed by atoms with van der Waals surface area (Å²) in [5, 5.41) is 13.6. The third-order valence-corrected chi connectivity index (χ3v) is 5.64. The van der Waals surface area contributed by atoms with Gasteiger partial charge in [-0.3, -0.25) is 4.79 Å². The Morgan fingerprint density at radius 3 is 2.62 bits per heavy atom. The predicted molar refractivity (Wildman–Crippen MR) is 128 cm³/mol. The highest BCUT2D eigenvalue weighted by Crippen LogP contribution is 2.22. The Bertz CT molecular complexity index is 1440. The van der Waals surface area contributed by atoms with Gasteiger partial charge in [-0.1, -0.05) is 15.9 Å². The zero-order valence-electron chi connectivity index (χ0n) is 17.8. The number of aromatic nitrogens is 3. The third kappa shape index (κ3) is 4.07. The van der Waals surface area contributed by atoms with E-state index in [0.29, 0.717) is 22.5 Å². The highest BCUT2D eigenvalue weighted by molar-refractivity contribution is 9.10. The quantitative estimate of drug-likeness (QED) is 0.381. The van der Waals surface area contributed by atoms with Crippen LogP contribution >= 0.6 is 15.9 Å². The predicted octanol–water partition coefficient (Wildman–Crippen LogP) is 4.66. The molecular formula is C24H20BrN5O2. The van der Waals surface area contributed by atoms with Crippen LogP contribution in [0, 0.1) is 32.1 Å². The van der Waals surface area contributed by atoms with Crippen molar-refractivity contribution in [2.75, 3.05) is 6.61 Å². The number of ether oxygens (including phenoxy) is 1. The number of hydrogen-bond donors (Lipinski definition) is 0. The molecule has 0 atom stereocenters. The fraction of sp³-hybridized carbons (Fsp3) is 0.167. The van der Waals surface area contributed by atoms with E-state index in [1.165, 1.54) is 4.68 Å². The van der Waals surface area contributed by atoms with Crippen LogP contribution in [0.5, 0.6) is 5.75 Å². The smallest absolute Gasteiger partial charge is 0.282 e. The van der Waals surface area contributed by atoms with Gasteiger partial charge in [-0.25, -0.2) is 4.98 Å². The van der Waals surface area contributed by atoms with Crippen molar-refractivity contribution in [1.82, 2.24) is 14.2 Å². The number of hydrogen-bond acceptors (Lipinski definition) is 5. The largest absolute Gasteiger partial charge is 0.479 e. The molecule has 0 aliphatic rings. The summed E-state index contributed by atoms with van der Waals surface area (Å²) in [7, 11) is 0. The molecule has 0 aliphatic carbocycles. The van der Waals surface area contributed by atoms with Crippen LogP contribution in [0.1, 0.15) is 22.8 Å². The van der Waals surface area contributed by atoms with Crippen molar-refractivity contribution in [3.8, 4) is 17.5 Å². The molecule has 32 heavy (non-hydrogen) atoms.